The van der Waals surface area contributed by atoms with E-state index in [-0.39, 0.29) is 31.7 Å². The van der Waals surface area contributed by atoms with Crippen LogP contribution in [0.15, 0.2) is 36.4 Å². The lowest BCUT2D eigenvalue weighted by Gasteiger charge is -2.24. The summed E-state index contributed by atoms with van der Waals surface area (Å²) in [6, 6.07) is 7.25. The zero-order chi connectivity index (χ0) is 21.7. The van der Waals surface area contributed by atoms with Crippen molar-refractivity contribution in [1.29, 1.82) is 0 Å². The molecular weight excluding hydrogens is 396 g/mol. The molecule has 0 aliphatic carbocycles. The van der Waals surface area contributed by atoms with E-state index in [2.05, 4.69) is 5.32 Å². The maximum Gasteiger partial charge on any atom is 0.321 e. The molecule has 0 saturated heterocycles. The summed E-state index contributed by atoms with van der Waals surface area (Å²) in [4.78, 5) is 36.7. The number of nitrogens with zero attached hydrogens (tertiary/aromatic N) is 1. The number of ether oxygens (including phenoxy) is 1. The molecule has 1 atom stereocenters. The largest absolute Gasteiger partial charge is 0.497 e. The van der Waals surface area contributed by atoms with Gasteiger partial charge in [0.2, 0.25) is 6.41 Å². The summed E-state index contributed by atoms with van der Waals surface area (Å²) in [6.45, 7) is 0.515. The van der Waals surface area contributed by atoms with Gasteiger partial charge in [-0.1, -0.05) is 12.1 Å². The third-order valence-corrected chi connectivity index (χ3v) is 4.94. The van der Waals surface area contributed by atoms with Crippen molar-refractivity contribution >= 4 is 18.3 Å². The van der Waals surface area contributed by atoms with Gasteiger partial charge in [-0.3, -0.25) is 14.9 Å². The Morgan fingerprint density at radius 3 is 2.77 bits per heavy atom. The number of carbonyl (C=O) groups excluding carboxylic acids is 3. The van der Waals surface area contributed by atoms with Gasteiger partial charge in [0, 0.05) is 30.8 Å². The highest BCUT2D eigenvalue weighted by Crippen LogP contribution is 2.27. The molecule has 1 aliphatic heterocycles. The standard InChI is InChI=1S/C21H21F2N3O4/c1-30-17-7-4-14-10-26(20(28)18(14)9-17)11-16(25-21(29)24-12-27)6-3-13-2-5-15(22)8-19(13)23/h2,4-5,7-9,12,16H,3,6,10-11H2,1H3,(H2,24,25,27,29)/t16-/m1/s1. The van der Waals surface area contributed by atoms with E-state index in [9.17, 15) is 23.2 Å². The lowest BCUT2D eigenvalue weighted by molar-refractivity contribution is -0.108. The van der Waals surface area contributed by atoms with Crippen LogP contribution in [-0.4, -0.2) is 42.9 Å². The maximum atomic E-state index is 13.9. The van der Waals surface area contributed by atoms with Crippen molar-refractivity contribution in [3.63, 3.8) is 0 Å². The Bertz CT molecular complexity index is 967. The first kappa shape index (κ1) is 21.2. The van der Waals surface area contributed by atoms with Crippen LogP contribution in [0.5, 0.6) is 5.75 Å². The highest BCUT2D eigenvalue weighted by Gasteiger charge is 2.30. The number of fused-ring (bicyclic) bond motifs is 1. The van der Waals surface area contributed by atoms with Crippen molar-refractivity contribution in [2.45, 2.75) is 25.4 Å². The van der Waals surface area contributed by atoms with Crippen LogP contribution in [0.2, 0.25) is 0 Å². The van der Waals surface area contributed by atoms with E-state index >= 15 is 0 Å². The van der Waals surface area contributed by atoms with E-state index in [0.717, 1.165) is 17.7 Å². The summed E-state index contributed by atoms with van der Waals surface area (Å²) in [5.74, 6) is -0.995. The van der Waals surface area contributed by atoms with E-state index < -0.39 is 23.7 Å². The molecule has 0 saturated carbocycles. The van der Waals surface area contributed by atoms with Crippen molar-refractivity contribution in [2.75, 3.05) is 13.7 Å². The monoisotopic (exact) mass is 417 g/mol. The summed E-state index contributed by atoms with van der Waals surface area (Å²) in [7, 11) is 1.51. The molecule has 0 unspecified atom stereocenters. The third kappa shape index (κ3) is 4.91. The third-order valence-electron chi connectivity index (χ3n) is 4.94. The van der Waals surface area contributed by atoms with Gasteiger partial charge in [0.25, 0.3) is 5.91 Å². The molecule has 0 radical (unpaired) electrons. The number of benzene rings is 2. The molecule has 2 N–H and O–H groups in total. The average Bonchev–Trinajstić information content (AvgIpc) is 3.02. The number of imide groups is 1. The van der Waals surface area contributed by atoms with Gasteiger partial charge >= 0.3 is 6.03 Å². The Kier molecular flexibility index (Phi) is 6.61. The Morgan fingerprint density at radius 1 is 1.27 bits per heavy atom. The van der Waals surface area contributed by atoms with Crippen LogP contribution in [0.3, 0.4) is 0 Å². The van der Waals surface area contributed by atoms with Crippen molar-refractivity contribution in [3.8, 4) is 5.75 Å². The zero-order valence-electron chi connectivity index (χ0n) is 16.3. The van der Waals surface area contributed by atoms with Gasteiger partial charge in [0.1, 0.15) is 17.4 Å². The van der Waals surface area contributed by atoms with Gasteiger partial charge in [-0.15, -0.1) is 0 Å². The molecular formula is C21H21F2N3O4. The molecule has 158 valence electrons. The van der Waals surface area contributed by atoms with Crippen LogP contribution in [0, 0.1) is 11.6 Å². The maximum absolute atomic E-state index is 13.9. The molecule has 0 aromatic heterocycles. The molecule has 0 bridgehead atoms. The van der Waals surface area contributed by atoms with E-state index in [1.54, 1.807) is 17.0 Å². The van der Waals surface area contributed by atoms with E-state index in [1.165, 1.54) is 13.2 Å². The molecule has 9 heteroatoms. The fourth-order valence-corrected chi connectivity index (χ4v) is 3.42. The van der Waals surface area contributed by atoms with Crippen molar-refractivity contribution in [3.05, 3.63) is 64.7 Å². The number of carbonyl (C=O) groups is 3. The molecule has 0 spiro atoms. The number of hydrogen-bond donors (Lipinski definition) is 2. The fraction of sp³-hybridized carbons (Fsp3) is 0.286. The molecule has 1 heterocycles. The first-order valence-electron chi connectivity index (χ1n) is 9.32. The van der Waals surface area contributed by atoms with Crippen LogP contribution >= 0.6 is 0 Å². The number of hydrogen-bond acceptors (Lipinski definition) is 4. The van der Waals surface area contributed by atoms with Crippen LogP contribution in [0.25, 0.3) is 0 Å². The number of halogens is 2. The Balaban J connectivity index is 1.71. The SMILES string of the molecule is COc1ccc2c(c1)C(=O)N(C[C@@H](CCc1ccc(F)cc1F)NC(=O)NC=O)C2. The minimum absolute atomic E-state index is 0.158. The number of aryl methyl sites for hydroxylation is 1. The molecule has 2 aromatic carbocycles. The smallest absolute Gasteiger partial charge is 0.321 e. The quantitative estimate of drug-likeness (QED) is 0.646. The van der Waals surface area contributed by atoms with Crippen LogP contribution < -0.4 is 15.4 Å². The lowest BCUT2D eigenvalue weighted by atomic mass is 10.0. The molecule has 7 nitrogen and oxygen atoms in total. The molecule has 2 aromatic rings. The minimum Gasteiger partial charge on any atom is -0.497 e. The van der Waals surface area contributed by atoms with Crippen molar-refractivity contribution in [2.24, 2.45) is 0 Å². The summed E-state index contributed by atoms with van der Waals surface area (Å²) in [6.07, 6.45) is 0.731. The zero-order valence-corrected chi connectivity index (χ0v) is 16.3. The second-order valence-corrected chi connectivity index (χ2v) is 6.92. The van der Waals surface area contributed by atoms with Gasteiger partial charge in [-0.25, -0.2) is 13.6 Å². The fourth-order valence-electron chi connectivity index (χ4n) is 3.42. The summed E-state index contributed by atoms with van der Waals surface area (Å²) >= 11 is 0. The predicted molar refractivity (Wildman–Crippen MR) is 104 cm³/mol. The van der Waals surface area contributed by atoms with Crippen LogP contribution in [-0.2, 0) is 17.8 Å². The summed E-state index contributed by atoms with van der Waals surface area (Å²) < 4.78 is 32.2. The van der Waals surface area contributed by atoms with Gasteiger partial charge in [-0.05, 0) is 42.2 Å². The van der Waals surface area contributed by atoms with Crippen molar-refractivity contribution < 1.29 is 27.9 Å². The van der Waals surface area contributed by atoms with E-state index in [0.29, 0.717) is 23.4 Å². The highest BCUT2D eigenvalue weighted by atomic mass is 19.1. The second-order valence-electron chi connectivity index (χ2n) is 6.92. The number of methoxy groups -OCH3 is 1. The highest BCUT2D eigenvalue weighted by molar-refractivity contribution is 5.98. The molecule has 3 rings (SSSR count). The summed E-state index contributed by atoms with van der Waals surface area (Å²) in [5.41, 5.74) is 1.65. The Morgan fingerprint density at radius 2 is 2.07 bits per heavy atom. The molecule has 4 amide bonds. The molecule has 30 heavy (non-hydrogen) atoms. The van der Waals surface area contributed by atoms with Crippen molar-refractivity contribution in [1.82, 2.24) is 15.5 Å². The Labute approximate surface area is 172 Å². The minimum atomic E-state index is -0.722. The topological polar surface area (TPSA) is 87.7 Å². The van der Waals surface area contributed by atoms with E-state index in [1.807, 2.05) is 11.4 Å². The second kappa shape index (κ2) is 9.34. The van der Waals surface area contributed by atoms with Crippen LogP contribution in [0.1, 0.15) is 27.9 Å². The first-order chi connectivity index (χ1) is 14.4. The summed E-state index contributed by atoms with van der Waals surface area (Å²) in [5, 5.41) is 4.61. The van der Waals surface area contributed by atoms with Crippen LogP contribution in [0.4, 0.5) is 13.6 Å². The average molecular weight is 417 g/mol. The van der Waals surface area contributed by atoms with Gasteiger partial charge < -0.3 is 15.0 Å². The molecule has 0 fully saturated rings. The molecule has 1 aliphatic rings. The Hall–Kier alpha value is -3.49. The van der Waals surface area contributed by atoms with Gasteiger partial charge in [0.05, 0.1) is 7.11 Å². The van der Waals surface area contributed by atoms with E-state index in [4.69, 9.17) is 4.74 Å². The van der Waals surface area contributed by atoms with Gasteiger partial charge in [-0.2, -0.15) is 0 Å². The van der Waals surface area contributed by atoms with Gasteiger partial charge in [0.15, 0.2) is 0 Å². The lowest BCUT2D eigenvalue weighted by Crippen LogP contribution is -2.47. The number of urea groups is 1. The number of rotatable bonds is 8. The number of nitrogens with one attached hydrogen (secondary N) is 2. The normalized spacial score (nSPS) is 13.6. The first-order valence-corrected chi connectivity index (χ1v) is 9.32. The number of amides is 4. The predicted octanol–water partition coefficient (Wildman–Crippen LogP) is 2.39.